The number of aliphatic imine (C=N–C) groups is 1. The van der Waals surface area contributed by atoms with E-state index in [1.54, 1.807) is 18.2 Å². The number of benzene rings is 1. The van der Waals surface area contributed by atoms with E-state index in [2.05, 4.69) is 10.3 Å². The third-order valence-corrected chi connectivity index (χ3v) is 4.71. The Balaban J connectivity index is 2.30. The molecule has 6 nitrogen and oxygen atoms in total. The fourth-order valence-electron chi connectivity index (χ4n) is 1.95. The summed E-state index contributed by atoms with van der Waals surface area (Å²) in [6, 6.07) is 5.67. The molecule has 2 heterocycles. The van der Waals surface area contributed by atoms with Gasteiger partial charge < -0.3 is 0 Å². The van der Waals surface area contributed by atoms with Crippen molar-refractivity contribution < 1.29 is 13.2 Å². The highest BCUT2D eigenvalue weighted by Gasteiger charge is 2.45. The van der Waals surface area contributed by atoms with Crippen molar-refractivity contribution in [3.8, 4) is 0 Å². The second kappa shape index (κ2) is 3.07. The van der Waals surface area contributed by atoms with Crippen LogP contribution in [0.2, 0.25) is 0 Å². The van der Waals surface area contributed by atoms with Crippen molar-refractivity contribution in [2.45, 2.75) is 17.9 Å². The monoisotopic (exact) mass is 251 g/mol. The van der Waals surface area contributed by atoms with E-state index in [4.69, 9.17) is 0 Å². The molecular formula is C10H9N3O3S. The van der Waals surface area contributed by atoms with Gasteiger partial charge in [0, 0.05) is 0 Å². The molecule has 1 unspecified atom stereocenters. The smallest absolute Gasteiger partial charge is 0.269 e. The van der Waals surface area contributed by atoms with E-state index in [0.717, 1.165) is 4.31 Å². The van der Waals surface area contributed by atoms with Crippen molar-refractivity contribution in [1.29, 1.82) is 0 Å². The van der Waals surface area contributed by atoms with Gasteiger partial charge in [-0.1, -0.05) is 12.1 Å². The molecule has 1 atom stereocenters. The van der Waals surface area contributed by atoms with Crippen molar-refractivity contribution in [2.24, 2.45) is 4.99 Å². The van der Waals surface area contributed by atoms with E-state index >= 15 is 0 Å². The number of rotatable bonds is 0. The average Bonchev–Trinajstić information content (AvgIpc) is 2.55. The number of hydrogen-bond donors (Lipinski definition) is 1. The number of nitrogens with zero attached hydrogens (tertiary/aromatic N) is 2. The molecule has 2 aliphatic heterocycles. The van der Waals surface area contributed by atoms with Crippen LogP contribution in [0.25, 0.3) is 0 Å². The summed E-state index contributed by atoms with van der Waals surface area (Å²) in [4.78, 5) is 15.7. The lowest BCUT2D eigenvalue weighted by atomic mass is 10.3. The summed E-state index contributed by atoms with van der Waals surface area (Å²) in [5.41, 5.74) is 0.355. The second-order valence-corrected chi connectivity index (χ2v) is 5.65. The lowest BCUT2D eigenvalue weighted by molar-refractivity contribution is -0.120. The van der Waals surface area contributed by atoms with E-state index in [1.807, 2.05) is 0 Å². The number of nitrogens with one attached hydrogen (secondary N) is 1. The molecule has 0 aliphatic carbocycles. The summed E-state index contributed by atoms with van der Waals surface area (Å²) in [7, 11) is -3.68. The molecule has 2 aliphatic rings. The Morgan fingerprint density at radius 1 is 1.35 bits per heavy atom. The molecule has 3 rings (SSSR count). The van der Waals surface area contributed by atoms with Crippen LogP contribution in [0.5, 0.6) is 0 Å². The zero-order valence-electron chi connectivity index (χ0n) is 8.91. The molecule has 1 saturated heterocycles. The van der Waals surface area contributed by atoms with E-state index < -0.39 is 16.1 Å². The van der Waals surface area contributed by atoms with Crippen molar-refractivity contribution >= 4 is 27.6 Å². The van der Waals surface area contributed by atoms with Crippen LogP contribution in [0.15, 0.2) is 34.2 Å². The van der Waals surface area contributed by atoms with Gasteiger partial charge in [-0.15, -0.1) is 0 Å². The quantitative estimate of drug-likeness (QED) is 0.715. The van der Waals surface area contributed by atoms with Gasteiger partial charge in [0.15, 0.2) is 0 Å². The molecule has 0 spiro atoms. The third kappa shape index (κ3) is 1.22. The molecular weight excluding hydrogens is 242 g/mol. The first kappa shape index (κ1) is 10.3. The number of carbonyl (C=O) groups is 1. The SMILES string of the molecule is CC1C(=O)NC2=Nc3ccccc3S(=O)(=O)N21. The predicted octanol–water partition coefficient (Wildman–Crippen LogP) is 0.197. The summed E-state index contributed by atoms with van der Waals surface area (Å²) >= 11 is 0. The Morgan fingerprint density at radius 3 is 2.82 bits per heavy atom. The lowest BCUT2D eigenvalue weighted by Crippen LogP contribution is -2.41. The van der Waals surface area contributed by atoms with Gasteiger partial charge in [-0.25, -0.2) is 17.7 Å². The maximum absolute atomic E-state index is 12.3. The molecule has 0 saturated carbocycles. The minimum absolute atomic E-state index is 0.0844. The van der Waals surface area contributed by atoms with Crippen LogP contribution >= 0.6 is 0 Å². The minimum Gasteiger partial charge on any atom is -0.294 e. The van der Waals surface area contributed by atoms with Gasteiger partial charge >= 0.3 is 0 Å². The molecule has 7 heteroatoms. The summed E-state index contributed by atoms with van der Waals surface area (Å²) in [6.07, 6.45) is 0. The fourth-order valence-corrected chi connectivity index (χ4v) is 3.61. The normalized spacial score (nSPS) is 24.8. The Kier molecular flexibility index (Phi) is 1.86. The second-order valence-electron chi connectivity index (χ2n) is 3.87. The van der Waals surface area contributed by atoms with Crippen molar-refractivity contribution in [3.05, 3.63) is 24.3 Å². The Labute approximate surface area is 98.0 Å². The van der Waals surface area contributed by atoms with Crippen molar-refractivity contribution in [3.63, 3.8) is 0 Å². The van der Waals surface area contributed by atoms with Crippen LogP contribution in [-0.4, -0.2) is 30.6 Å². The van der Waals surface area contributed by atoms with Crippen LogP contribution < -0.4 is 5.32 Å². The molecule has 1 fully saturated rings. The Hall–Kier alpha value is -1.89. The highest BCUT2D eigenvalue weighted by Crippen LogP contribution is 2.34. The van der Waals surface area contributed by atoms with E-state index in [9.17, 15) is 13.2 Å². The van der Waals surface area contributed by atoms with Crippen LogP contribution in [0.4, 0.5) is 5.69 Å². The van der Waals surface area contributed by atoms with E-state index in [1.165, 1.54) is 13.0 Å². The maximum Gasteiger partial charge on any atom is 0.269 e. The van der Waals surface area contributed by atoms with Gasteiger partial charge in [0.1, 0.15) is 10.9 Å². The summed E-state index contributed by atoms with van der Waals surface area (Å²) in [5, 5.41) is 2.46. The number of amides is 1. The van der Waals surface area contributed by atoms with Gasteiger partial charge in [-0.2, -0.15) is 0 Å². The van der Waals surface area contributed by atoms with Gasteiger partial charge in [0.2, 0.25) is 11.9 Å². The predicted molar refractivity (Wildman–Crippen MR) is 60.2 cm³/mol. The zero-order chi connectivity index (χ0) is 12.2. The first-order valence-electron chi connectivity index (χ1n) is 5.05. The summed E-state index contributed by atoms with van der Waals surface area (Å²) < 4.78 is 25.6. The molecule has 1 aromatic rings. The summed E-state index contributed by atoms with van der Waals surface area (Å²) in [5.74, 6) is -0.277. The third-order valence-electron chi connectivity index (χ3n) is 2.80. The minimum atomic E-state index is -3.68. The van der Waals surface area contributed by atoms with Gasteiger partial charge in [0.05, 0.1) is 5.69 Å². The zero-order valence-corrected chi connectivity index (χ0v) is 9.73. The molecule has 0 radical (unpaired) electrons. The number of hydrogen-bond acceptors (Lipinski definition) is 4. The maximum atomic E-state index is 12.3. The first-order chi connectivity index (χ1) is 8.01. The first-order valence-corrected chi connectivity index (χ1v) is 6.49. The summed E-state index contributed by atoms with van der Waals surface area (Å²) in [6.45, 7) is 1.53. The number of sulfonamides is 1. The molecule has 0 bridgehead atoms. The molecule has 1 aromatic carbocycles. The molecule has 0 aromatic heterocycles. The van der Waals surface area contributed by atoms with Crippen LogP contribution in [0, 0.1) is 0 Å². The van der Waals surface area contributed by atoms with Crippen LogP contribution in [0.1, 0.15) is 6.92 Å². The number of fused-ring (bicyclic) bond motifs is 2. The van der Waals surface area contributed by atoms with Crippen molar-refractivity contribution in [2.75, 3.05) is 0 Å². The lowest BCUT2D eigenvalue weighted by Gasteiger charge is -2.25. The van der Waals surface area contributed by atoms with Crippen LogP contribution in [-0.2, 0) is 14.8 Å². The highest BCUT2D eigenvalue weighted by molar-refractivity contribution is 7.90. The largest absolute Gasteiger partial charge is 0.294 e. The molecule has 88 valence electrons. The van der Waals surface area contributed by atoms with Crippen LogP contribution in [0.3, 0.4) is 0 Å². The Morgan fingerprint density at radius 2 is 2.06 bits per heavy atom. The molecule has 1 amide bonds. The van der Waals surface area contributed by atoms with E-state index in [-0.39, 0.29) is 16.8 Å². The average molecular weight is 251 g/mol. The highest BCUT2D eigenvalue weighted by atomic mass is 32.2. The van der Waals surface area contributed by atoms with Gasteiger partial charge in [-0.3, -0.25) is 10.1 Å². The number of guanidine groups is 1. The number of para-hydroxylation sites is 1. The topological polar surface area (TPSA) is 78.8 Å². The number of carbonyl (C=O) groups excluding carboxylic acids is 1. The van der Waals surface area contributed by atoms with E-state index in [0.29, 0.717) is 5.69 Å². The Bertz CT molecular complexity index is 651. The fraction of sp³-hybridized carbons (Fsp3) is 0.200. The van der Waals surface area contributed by atoms with Crippen molar-refractivity contribution in [1.82, 2.24) is 9.62 Å². The van der Waals surface area contributed by atoms with Gasteiger partial charge in [0.25, 0.3) is 10.0 Å². The molecule has 1 N–H and O–H groups in total. The molecule has 17 heavy (non-hydrogen) atoms. The standard InChI is InChI=1S/C10H9N3O3S/c1-6-9(14)12-10-11-7-4-2-3-5-8(7)17(15,16)13(6)10/h2-6H,1H3,(H,11,12,14). The van der Waals surface area contributed by atoms with Gasteiger partial charge in [-0.05, 0) is 19.1 Å².